The number of unbranched alkanes of at least 4 members (excludes halogenated alkanes) is 3. The van der Waals surface area contributed by atoms with Crippen LogP contribution in [-0.2, 0) is 6.54 Å². The van der Waals surface area contributed by atoms with Crippen LogP contribution in [0.15, 0.2) is 47.2 Å². The van der Waals surface area contributed by atoms with Crippen LogP contribution in [0.3, 0.4) is 0 Å². The van der Waals surface area contributed by atoms with E-state index in [1.807, 2.05) is 10.8 Å². The molecular formula is C24H25N5S2. The van der Waals surface area contributed by atoms with Crippen molar-refractivity contribution < 1.29 is 0 Å². The Morgan fingerprint density at radius 2 is 1.32 bits per heavy atom. The number of nitrogens with zero attached hydrogens (tertiary/aromatic N) is 3. The van der Waals surface area contributed by atoms with E-state index in [1.165, 1.54) is 70.2 Å². The summed E-state index contributed by atoms with van der Waals surface area (Å²) in [5.41, 5.74) is 18.3. The monoisotopic (exact) mass is 447 g/mol. The highest BCUT2D eigenvalue weighted by molar-refractivity contribution is 7.14. The molecule has 5 aromatic rings. The largest absolute Gasteiger partial charge is 0.375 e. The molecule has 158 valence electrons. The van der Waals surface area contributed by atoms with Gasteiger partial charge in [0.15, 0.2) is 10.3 Å². The van der Waals surface area contributed by atoms with Crippen LogP contribution in [0.2, 0.25) is 0 Å². The fraction of sp³-hybridized carbons (Fsp3) is 0.250. The zero-order valence-corrected chi connectivity index (χ0v) is 19.1. The fourth-order valence-electron chi connectivity index (χ4n) is 4.20. The molecule has 5 rings (SSSR count). The van der Waals surface area contributed by atoms with E-state index in [9.17, 15) is 0 Å². The lowest BCUT2D eigenvalue weighted by molar-refractivity contribution is 0.602. The highest BCUT2D eigenvalue weighted by Crippen LogP contribution is 2.36. The molecule has 0 bridgehead atoms. The molecule has 2 aromatic carbocycles. The predicted molar refractivity (Wildman–Crippen MR) is 135 cm³/mol. The molecule has 0 aliphatic rings. The number of benzene rings is 2. The summed E-state index contributed by atoms with van der Waals surface area (Å²) in [7, 11) is 0. The lowest BCUT2D eigenvalue weighted by Gasteiger charge is -2.08. The Hall–Kier alpha value is -2.90. The van der Waals surface area contributed by atoms with Gasteiger partial charge in [-0.3, -0.25) is 0 Å². The smallest absolute Gasteiger partial charge is 0.180 e. The van der Waals surface area contributed by atoms with Gasteiger partial charge in [0.05, 0.1) is 11.4 Å². The van der Waals surface area contributed by atoms with Crippen LogP contribution < -0.4 is 11.5 Å². The highest BCUT2D eigenvalue weighted by Gasteiger charge is 2.14. The first kappa shape index (κ1) is 20.0. The standard InChI is InChI=1S/C24H25N5S2/c1-2-3-4-5-10-29-21-8-6-15(19-13-30-23(25)27-19)11-17(21)18-12-16(7-9-22(18)29)20-14-31-24(26)28-20/h6-9,11-14H,2-5,10H2,1H3,(H2,25,27)(H2,26,28). The summed E-state index contributed by atoms with van der Waals surface area (Å²) < 4.78 is 2.46. The van der Waals surface area contributed by atoms with Gasteiger partial charge in [-0.1, -0.05) is 38.3 Å². The van der Waals surface area contributed by atoms with E-state index in [0.29, 0.717) is 10.3 Å². The second-order valence-electron chi connectivity index (χ2n) is 7.82. The van der Waals surface area contributed by atoms with Gasteiger partial charge >= 0.3 is 0 Å². The van der Waals surface area contributed by atoms with Crippen molar-refractivity contribution in [1.29, 1.82) is 0 Å². The van der Waals surface area contributed by atoms with Crippen LogP contribution in [0, 0.1) is 0 Å². The maximum atomic E-state index is 5.88. The van der Waals surface area contributed by atoms with E-state index in [2.05, 4.69) is 57.9 Å². The normalized spacial score (nSPS) is 11.6. The number of hydrogen-bond donors (Lipinski definition) is 2. The maximum absolute atomic E-state index is 5.88. The minimum absolute atomic E-state index is 0.594. The Labute approximate surface area is 189 Å². The van der Waals surface area contributed by atoms with Gasteiger partial charge in [0.1, 0.15) is 0 Å². The number of fused-ring (bicyclic) bond motifs is 3. The Kier molecular flexibility index (Phi) is 5.38. The first-order valence-corrected chi connectivity index (χ1v) is 12.4. The molecule has 5 nitrogen and oxygen atoms in total. The molecular weight excluding hydrogens is 422 g/mol. The number of aryl methyl sites for hydroxylation is 1. The van der Waals surface area contributed by atoms with E-state index in [-0.39, 0.29) is 0 Å². The predicted octanol–water partition coefficient (Wildman–Crippen LogP) is 6.79. The molecule has 0 aliphatic carbocycles. The molecule has 0 atom stereocenters. The van der Waals surface area contributed by atoms with Crippen molar-refractivity contribution in [3.8, 4) is 22.5 Å². The van der Waals surface area contributed by atoms with Crippen LogP contribution in [0.25, 0.3) is 44.3 Å². The van der Waals surface area contributed by atoms with Crippen LogP contribution in [0.5, 0.6) is 0 Å². The van der Waals surface area contributed by atoms with E-state index in [0.717, 1.165) is 29.1 Å². The molecule has 0 fully saturated rings. The molecule has 7 heteroatoms. The number of rotatable bonds is 7. The topological polar surface area (TPSA) is 82.8 Å². The number of thiazole rings is 2. The van der Waals surface area contributed by atoms with E-state index < -0.39 is 0 Å². The maximum Gasteiger partial charge on any atom is 0.180 e. The quantitative estimate of drug-likeness (QED) is 0.269. The summed E-state index contributed by atoms with van der Waals surface area (Å²) in [4.78, 5) is 8.96. The van der Waals surface area contributed by atoms with Crippen molar-refractivity contribution >= 4 is 54.7 Å². The first-order valence-electron chi connectivity index (χ1n) is 10.6. The fourth-order valence-corrected chi connectivity index (χ4v) is 5.35. The minimum atomic E-state index is 0.594. The van der Waals surface area contributed by atoms with Crippen molar-refractivity contribution in [3.05, 3.63) is 47.2 Å². The molecule has 0 radical (unpaired) electrons. The van der Waals surface area contributed by atoms with Crippen LogP contribution in [-0.4, -0.2) is 14.5 Å². The molecule has 31 heavy (non-hydrogen) atoms. The molecule has 0 saturated carbocycles. The number of nitrogens with two attached hydrogens (primary N) is 2. The second kappa shape index (κ2) is 8.32. The van der Waals surface area contributed by atoms with Gasteiger partial charge in [-0.05, 0) is 30.7 Å². The Bertz CT molecular complexity index is 1260. The number of anilines is 2. The number of hydrogen-bond acceptors (Lipinski definition) is 6. The average molecular weight is 448 g/mol. The number of aromatic nitrogens is 3. The Morgan fingerprint density at radius 1 is 0.774 bits per heavy atom. The molecule has 3 aromatic heterocycles. The zero-order valence-electron chi connectivity index (χ0n) is 17.5. The third-order valence-electron chi connectivity index (χ3n) is 5.74. The third kappa shape index (κ3) is 3.79. The highest BCUT2D eigenvalue weighted by atomic mass is 32.1. The van der Waals surface area contributed by atoms with Gasteiger partial charge in [0.2, 0.25) is 0 Å². The molecule has 0 aliphatic heterocycles. The number of nitrogen functional groups attached to an aromatic ring is 2. The summed E-state index contributed by atoms with van der Waals surface area (Å²) in [5, 5.41) is 7.70. The zero-order chi connectivity index (χ0) is 21.4. The lowest BCUT2D eigenvalue weighted by Crippen LogP contribution is -1.97. The van der Waals surface area contributed by atoms with Crippen molar-refractivity contribution in [2.24, 2.45) is 0 Å². The molecule has 4 N–H and O–H groups in total. The first-order chi connectivity index (χ1) is 15.1. The van der Waals surface area contributed by atoms with Gasteiger partial charge in [0, 0.05) is 50.2 Å². The SMILES string of the molecule is CCCCCCn1c2ccc(-c3csc(N)n3)cc2c2cc(-c3csc(N)n3)ccc21. The van der Waals surface area contributed by atoms with Gasteiger partial charge in [-0.15, -0.1) is 22.7 Å². The molecule has 0 spiro atoms. The van der Waals surface area contributed by atoms with Crippen LogP contribution >= 0.6 is 22.7 Å². The Balaban J connectivity index is 1.67. The van der Waals surface area contributed by atoms with Crippen molar-refractivity contribution in [2.45, 2.75) is 39.2 Å². The van der Waals surface area contributed by atoms with Gasteiger partial charge < -0.3 is 16.0 Å². The van der Waals surface area contributed by atoms with E-state index in [4.69, 9.17) is 11.5 Å². The van der Waals surface area contributed by atoms with Crippen molar-refractivity contribution in [2.75, 3.05) is 11.5 Å². The van der Waals surface area contributed by atoms with Gasteiger partial charge in [0.25, 0.3) is 0 Å². The molecule has 0 saturated heterocycles. The molecule has 3 heterocycles. The molecule has 0 unspecified atom stereocenters. The molecule has 0 amide bonds. The van der Waals surface area contributed by atoms with E-state index in [1.54, 1.807) is 0 Å². The average Bonchev–Trinajstić information content (AvgIpc) is 3.48. The van der Waals surface area contributed by atoms with Gasteiger partial charge in [-0.25, -0.2) is 9.97 Å². The van der Waals surface area contributed by atoms with Crippen molar-refractivity contribution in [1.82, 2.24) is 14.5 Å². The summed E-state index contributed by atoms with van der Waals surface area (Å²) in [6.45, 7) is 3.27. The van der Waals surface area contributed by atoms with Crippen LogP contribution in [0.1, 0.15) is 32.6 Å². The third-order valence-corrected chi connectivity index (χ3v) is 7.08. The summed E-state index contributed by atoms with van der Waals surface area (Å²) in [5.74, 6) is 0. The Morgan fingerprint density at radius 3 is 1.77 bits per heavy atom. The summed E-state index contributed by atoms with van der Waals surface area (Å²) in [6, 6.07) is 13.2. The second-order valence-corrected chi connectivity index (χ2v) is 9.60. The lowest BCUT2D eigenvalue weighted by atomic mass is 10.1. The van der Waals surface area contributed by atoms with Gasteiger partial charge in [-0.2, -0.15) is 0 Å². The summed E-state index contributed by atoms with van der Waals surface area (Å²) >= 11 is 2.95. The summed E-state index contributed by atoms with van der Waals surface area (Å²) in [6.07, 6.45) is 4.96. The van der Waals surface area contributed by atoms with E-state index >= 15 is 0 Å². The van der Waals surface area contributed by atoms with Crippen LogP contribution in [0.4, 0.5) is 10.3 Å². The minimum Gasteiger partial charge on any atom is -0.375 e. The van der Waals surface area contributed by atoms with Crippen molar-refractivity contribution in [3.63, 3.8) is 0 Å².